The van der Waals surface area contributed by atoms with Crippen molar-refractivity contribution in [2.75, 3.05) is 26.8 Å². The van der Waals surface area contributed by atoms with E-state index in [0.717, 1.165) is 25.2 Å². The predicted molar refractivity (Wildman–Crippen MR) is 105 cm³/mol. The van der Waals surface area contributed by atoms with Gasteiger partial charge in [-0.25, -0.2) is 0 Å². The van der Waals surface area contributed by atoms with Crippen LogP contribution in [0.1, 0.15) is 26.7 Å². The molecule has 0 aromatic heterocycles. The van der Waals surface area contributed by atoms with Gasteiger partial charge in [-0.1, -0.05) is 25.4 Å². The highest BCUT2D eigenvalue weighted by atomic mass is 35.5. The van der Waals surface area contributed by atoms with Crippen molar-refractivity contribution < 1.29 is 14.3 Å². The molecule has 2 aliphatic rings. The molecule has 5 nitrogen and oxygen atoms in total. The van der Waals surface area contributed by atoms with Crippen LogP contribution < -0.4 is 10.5 Å². The number of carbonyl (C=O) groups is 1. The molecule has 1 saturated carbocycles. The molecule has 1 amide bonds. The molecule has 7 heteroatoms. The van der Waals surface area contributed by atoms with Gasteiger partial charge >= 0.3 is 0 Å². The SMILES string of the molecule is CN(CCOc1ccc(Cl)cc1)C(=O)C1(N)C2CCCOC2C1(C)C.Cl. The summed E-state index contributed by atoms with van der Waals surface area (Å²) in [5.41, 5.74) is 5.42. The van der Waals surface area contributed by atoms with Gasteiger partial charge in [0.25, 0.3) is 0 Å². The molecule has 1 saturated heterocycles. The number of amides is 1. The fourth-order valence-corrected chi connectivity index (χ4v) is 4.38. The number of likely N-dealkylation sites (N-methyl/N-ethyl adjacent to an activating group) is 1. The molecule has 1 heterocycles. The Hall–Kier alpha value is -1.01. The molecule has 2 N–H and O–H groups in total. The first-order valence-corrected chi connectivity index (χ1v) is 9.20. The quantitative estimate of drug-likeness (QED) is 0.821. The van der Waals surface area contributed by atoms with Gasteiger partial charge in [0, 0.05) is 30.0 Å². The van der Waals surface area contributed by atoms with Crippen molar-refractivity contribution in [1.82, 2.24) is 4.90 Å². The second kappa shape index (κ2) is 7.93. The predicted octanol–water partition coefficient (Wildman–Crippen LogP) is 3.13. The van der Waals surface area contributed by atoms with Gasteiger partial charge in [-0.3, -0.25) is 4.79 Å². The van der Waals surface area contributed by atoms with E-state index in [2.05, 4.69) is 0 Å². The van der Waals surface area contributed by atoms with E-state index in [1.54, 1.807) is 24.1 Å². The van der Waals surface area contributed by atoms with Crippen LogP contribution >= 0.6 is 24.0 Å². The monoisotopic (exact) mass is 402 g/mol. The summed E-state index contributed by atoms with van der Waals surface area (Å²) in [6.45, 7) is 5.73. The molecule has 1 aromatic carbocycles. The van der Waals surface area contributed by atoms with E-state index in [9.17, 15) is 4.79 Å². The smallest absolute Gasteiger partial charge is 0.243 e. The van der Waals surface area contributed by atoms with Crippen molar-refractivity contribution >= 4 is 29.9 Å². The van der Waals surface area contributed by atoms with Gasteiger partial charge in [-0.05, 0) is 37.1 Å². The Morgan fingerprint density at radius 2 is 2.04 bits per heavy atom. The number of benzene rings is 1. The third-order valence-electron chi connectivity index (χ3n) is 5.89. The summed E-state index contributed by atoms with van der Waals surface area (Å²) in [5.74, 6) is 0.810. The number of ether oxygens (including phenoxy) is 2. The fourth-order valence-electron chi connectivity index (χ4n) is 4.26. The molecule has 0 radical (unpaired) electrons. The molecule has 3 unspecified atom stereocenters. The standard InChI is InChI=1S/C19H27ClN2O3.ClH/c1-18(2)16-15(5-4-11-25-16)19(18,21)17(23)22(3)10-12-24-14-8-6-13(20)7-9-14;/h6-9,15-16H,4-5,10-12,21H2,1-3H3;1H. The molecule has 26 heavy (non-hydrogen) atoms. The van der Waals surface area contributed by atoms with Crippen LogP contribution in [0.5, 0.6) is 5.75 Å². The zero-order chi connectivity index (χ0) is 18.2. The maximum Gasteiger partial charge on any atom is 0.243 e. The first kappa shape index (κ1) is 21.3. The van der Waals surface area contributed by atoms with Crippen LogP contribution in [-0.4, -0.2) is 49.3 Å². The van der Waals surface area contributed by atoms with Gasteiger partial charge in [-0.15, -0.1) is 12.4 Å². The maximum absolute atomic E-state index is 13.1. The van der Waals surface area contributed by atoms with Crippen molar-refractivity contribution in [3.8, 4) is 5.75 Å². The minimum absolute atomic E-state index is 0. The average molecular weight is 403 g/mol. The summed E-state index contributed by atoms with van der Waals surface area (Å²) in [4.78, 5) is 14.8. The lowest BCUT2D eigenvalue weighted by Gasteiger charge is -2.65. The number of nitrogens with two attached hydrogens (primary N) is 1. The molecule has 3 rings (SSSR count). The largest absolute Gasteiger partial charge is 0.492 e. The minimum atomic E-state index is -0.868. The molecule has 3 atom stereocenters. The molecule has 1 aromatic rings. The number of nitrogens with zero attached hydrogens (tertiary/aromatic N) is 1. The normalized spacial score (nSPS) is 29.0. The lowest BCUT2D eigenvalue weighted by atomic mass is 9.46. The third-order valence-corrected chi connectivity index (χ3v) is 6.15. The van der Waals surface area contributed by atoms with Crippen molar-refractivity contribution in [3.05, 3.63) is 29.3 Å². The highest BCUT2D eigenvalue weighted by Crippen LogP contribution is 2.57. The van der Waals surface area contributed by atoms with Crippen molar-refractivity contribution in [2.24, 2.45) is 17.1 Å². The molecule has 1 aliphatic heterocycles. The van der Waals surface area contributed by atoms with Crippen molar-refractivity contribution in [3.63, 3.8) is 0 Å². The first-order valence-electron chi connectivity index (χ1n) is 8.83. The van der Waals surface area contributed by atoms with E-state index in [-0.39, 0.29) is 35.8 Å². The van der Waals surface area contributed by atoms with Crippen LogP contribution in [0.25, 0.3) is 0 Å². The van der Waals surface area contributed by atoms with Crippen molar-refractivity contribution in [1.29, 1.82) is 0 Å². The Morgan fingerprint density at radius 1 is 1.38 bits per heavy atom. The number of fused-ring (bicyclic) bond motifs is 1. The lowest BCUT2D eigenvalue weighted by molar-refractivity contribution is -0.229. The Morgan fingerprint density at radius 3 is 2.69 bits per heavy atom. The second-order valence-electron chi connectivity index (χ2n) is 7.66. The van der Waals surface area contributed by atoms with E-state index in [4.69, 9.17) is 26.8 Å². The summed E-state index contributed by atoms with van der Waals surface area (Å²) >= 11 is 5.86. The summed E-state index contributed by atoms with van der Waals surface area (Å²) in [6, 6.07) is 7.18. The van der Waals surface area contributed by atoms with Gasteiger partial charge in [-0.2, -0.15) is 0 Å². The lowest BCUT2D eigenvalue weighted by Crippen LogP contribution is -2.82. The van der Waals surface area contributed by atoms with Crippen LogP contribution in [0.15, 0.2) is 24.3 Å². The maximum atomic E-state index is 13.1. The molecule has 2 fully saturated rings. The zero-order valence-corrected chi connectivity index (χ0v) is 17.1. The van der Waals surface area contributed by atoms with Gasteiger partial charge in [0.1, 0.15) is 17.9 Å². The van der Waals surface area contributed by atoms with E-state index in [0.29, 0.717) is 18.2 Å². The van der Waals surface area contributed by atoms with E-state index < -0.39 is 5.54 Å². The number of rotatable bonds is 5. The van der Waals surface area contributed by atoms with Gasteiger partial charge in [0.15, 0.2) is 0 Å². The molecule has 146 valence electrons. The van der Waals surface area contributed by atoms with Crippen LogP contribution in [-0.2, 0) is 9.53 Å². The number of hydrogen-bond donors (Lipinski definition) is 1. The topological polar surface area (TPSA) is 64.8 Å². The van der Waals surface area contributed by atoms with Crippen molar-refractivity contribution in [2.45, 2.75) is 38.3 Å². The fraction of sp³-hybridized carbons (Fsp3) is 0.632. The highest BCUT2D eigenvalue weighted by Gasteiger charge is 2.70. The van der Waals surface area contributed by atoms with E-state index in [1.165, 1.54) is 0 Å². The second-order valence-corrected chi connectivity index (χ2v) is 8.10. The summed E-state index contributed by atoms with van der Waals surface area (Å²) < 4.78 is 11.6. The van der Waals surface area contributed by atoms with E-state index in [1.807, 2.05) is 26.0 Å². The van der Waals surface area contributed by atoms with Crippen LogP contribution in [0.3, 0.4) is 0 Å². The number of hydrogen-bond acceptors (Lipinski definition) is 4. The average Bonchev–Trinajstić information content (AvgIpc) is 2.61. The van der Waals surface area contributed by atoms with Gasteiger partial charge < -0.3 is 20.1 Å². The Kier molecular flexibility index (Phi) is 6.49. The Balaban J connectivity index is 0.00000243. The van der Waals surface area contributed by atoms with Gasteiger partial charge in [0.05, 0.1) is 12.6 Å². The molecular formula is C19H28Cl2N2O3. The molecular weight excluding hydrogens is 375 g/mol. The number of carbonyl (C=O) groups excluding carboxylic acids is 1. The third kappa shape index (κ3) is 3.42. The number of halogens is 2. The summed E-state index contributed by atoms with van der Waals surface area (Å²) in [6.07, 6.45) is 1.99. The van der Waals surface area contributed by atoms with Crippen LogP contribution in [0.2, 0.25) is 5.02 Å². The molecule has 1 aliphatic carbocycles. The minimum Gasteiger partial charge on any atom is -0.492 e. The summed E-state index contributed by atoms with van der Waals surface area (Å²) in [5, 5.41) is 0.668. The Bertz CT molecular complexity index is 638. The molecule has 0 bridgehead atoms. The Labute approximate surface area is 166 Å². The molecule has 0 spiro atoms. The highest BCUT2D eigenvalue weighted by molar-refractivity contribution is 6.30. The summed E-state index contributed by atoms with van der Waals surface area (Å²) in [7, 11) is 1.79. The van der Waals surface area contributed by atoms with Gasteiger partial charge in [0.2, 0.25) is 5.91 Å². The van der Waals surface area contributed by atoms with E-state index >= 15 is 0 Å². The first-order chi connectivity index (χ1) is 11.8. The van der Waals surface area contributed by atoms with Crippen LogP contribution in [0, 0.1) is 11.3 Å². The zero-order valence-electron chi connectivity index (χ0n) is 15.5. The van der Waals surface area contributed by atoms with Crippen LogP contribution in [0.4, 0.5) is 0 Å².